The number of nitrogens with zero attached hydrogens (tertiary/aromatic N) is 2. The molecule has 0 amide bonds. The Morgan fingerprint density at radius 1 is 1.47 bits per heavy atom. The van der Waals surface area contributed by atoms with Crippen molar-refractivity contribution >= 4 is 33.1 Å². The Labute approximate surface area is 98.4 Å². The van der Waals surface area contributed by atoms with Crippen molar-refractivity contribution in [2.45, 2.75) is 25.4 Å². The molecule has 15 heavy (non-hydrogen) atoms. The molecule has 2 rings (SSSR count). The van der Waals surface area contributed by atoms with Crippen molar-refractivity contribution in [2.75, 3.05) is 0 Å². The first kappa shape index (κ1) is 12.3. The van der Waals surface area contributed by atoms with Gasteiger partial charge in [-0.2, -0.15) is 0 Å². The van der Waals surface area contributed by atoms with Gasteiger partial charge in [-0.3, -0.25) is 9.97 Å². The third-order valence-electron chi connectivity index (χ3n) is 2.91. The average Bonchev–Trinajstić information content (AvgIpc) is 2.28. The summed E-state index contributed by atoms with van der Waals surface area (Å²) in [4.78, 5) is 9.01. The van der Waals surface area contributed by atoms with Gasteiger partial charge in [-0.05, 0) is 18.8 Å². The molecule has 1 aromatic heterocycles. The van der Waals surface area contributed by atoms with Crippen molar-refractivity contribution in [1.82, 2.24) is 9.97 Å². The monoisotopic (exact) mass is 276 g/mol. The lowest BCUT2D eigenvalue weighted by molar-refractivity contribution is 0.473. The standard InChI is InChI=1S/C9H16N2P4/c1-6-2-3-7-8(11-5-4-10-7)9(6)15(13)14-12/h4-6,9,14H,2-3,12-13H2,1H3. The molecule has 6 heteroatoms. The Morgan fingerprint density at radius 2 is 2.20 bits per heavy atom. The van der Waals surface area contributed by atoms with Crippen molar-refractivity contribution in [3.8, 4) is 0 Å². The fourth-order valence-corrected chi connectivity index (χ4v) is 7.80. The van der Waals surface area contributed by atoms with Crippen LogP contribution < -0.4 is 0 Å². The number of rotatable bonds is 2. The lowest BCUT2D eigenvalue weighted by Crippen LogP contribution is -2.18. The number of fused-ring (bicyclic) bond motifs is 1. The number of hydrogen-bond acceptors (Lipinski definition) is 2. The first-order valence-corrected chi connectivity index (χ1v) is 11.7. The molecule has 6 unspecified atom stereocenters. The summed E-state index contributed by atoms with van der Waals surface area (Å²) >= 11 is 0. The average molecular weight is 276 g/mol. The summed E-state index contributed by atoms with van der Waals surface area (Å²) in [7, 11) is 6.84. The highest BCUT2D eigenvalue weighted by Gasteiger charge is 2.31. The van der Waals surface area contributed by atoms with Crippen LogP contribution in [-0.4, -0.2) is 9.97 Å². The Balaban J connectivity index is 2.37. The zero-order chi connectivity index (χ0) is 10.8. The van der Waals surface area contributed by atoms with Gasteiger partial charge in [0.25, 0.3) is 0 Å². The Morgan fingerprint density at radius 3 is 2.93 bits per heavy atom. The van der Waals surface area contributed by atoms with Crippen molar-refractivity contribution in [3.63, 3.8) is 0 Å². The maximum absolute atomic E-state index is 4.56. The minimum atomic E-state index is -0.0176. The topological polar surface area (TPSA) is 25.8 Å². The van der Waals surface area contributed by atoms with Crippen LogP contribution in [0.15, 0.2) is 12.4 Å². The molecule has 6 atom stereocenters. The molecule has 0 aromatic carbocycles. The maximum Gasteiger partial charge on any atom is 0.0701 e. The van der Waals surface area contributed by atoms with Crippen LogP contribution in [-0.2, 0) is 6.42 Å². The van der Waals surface area contributed by atoms with Gasteiger partial charge < -0.3 is 0 Å². The van der Waals surface area contributed by atoms with E-state index in [1.54, 1.807) is 0 Å². The number of hydrogen-bond donors (Lipinski definition) is 0. The van der Waals surface area contributed by atoms with Gasteiger partial charge in [0.05, 0.1) is 11.4 Å². The fraction of sp³-hybridized carbons (Fsp3) is 0.556. The number of aryl methyl sites for hydroxylation is 1. The Bertz CT molecular complexity index is 347. The van der Waals surface area contributed by atoms with Gasteiger partial charge in [0.2, 0.25) is 0 Å². The van der Waals surface area contributed by atoms with E-state index >= 15 is 0 Å². The Hall–Kier alpha value is 0.800. The summed E-state index contributed by atoms with van der Waals surface area (Å²) in [6.07, 6.45) is 6.02. The lowest BCUT2D eigenvalue weighted by Gasteiger charge is -2.33. The fourth-order valence-electron chi connectivity index (χ4n) is 2.10. The quantitative estimate of drug-likeness (QED) is 0.769. The van der Waals surface area contributed by atoms with Crippen LogP contribution in [0, 0.1) is 5.92 Å². The summed E-state index contributed by atoms with van der Waals surface area (Å²) < 4.78 is 0. The van der Waals surface area contributed by atoms with E-state index < -0.39 is 0 Å². The molecule has 0 saturated heterocycles. The van der Waals surface area contributed by atoms with Crippen LogP contribution in [0.3, 0.4) is 0 Å². The predicted octanol–water partition coefficient (Wildman–Crippen LogP) is 3.76. The van der Waals surface area contributed by atoms with Crippen LogP contribution in [0.2, 0.25) is 0 Å². The summed E-state index contributed by atoms with van der Waals surface area (Å²) in [5, 5.41) is 0. The first-order valence-electron chi connectivity index (χ1n) is 5.04. The maximum atomic E-state index is 4.56. The van der Waals surface area contributed by atoms with Crippen LogP contribution in [0.1, 0.15) is 30.4 Å². The zero-order valence-electron chi connectivity index (χ0n) is 8.72. The molecule has 82 valence electrons. The van der Waals surface area contributed by atoms with Gasteiger partial charge >= 0.3 is 0 Å². The summed E-state index contributed by atoms with van der Waals surface area (Å²) in [6.45, 7) is 2.35. The summed E-state index contributed by atoms with van der Waals surface area (Å²) in [6, 6.07) is 0. The molecule has 0 saturated carbocycles. The Kier molecular flexibility index (Phi) is 4.43. The van der Waals surface area contributed by atoms with Crippen LogP contribution in [0.5, 0.6) is 0 Å². The SMILES string of the molecule is CC1CCc2nccnc2C1P(P)PP. The highest BCUT2D eigenvalue weighted by Crippen LogP contribution is 2.76. The molecule has 0 N–H and O–H groups in total. The van der Waals surface area contributed by atoms with Crippen molar-refractivity contribution in [1.29, 1.82) is 0 Å². The van der Waals surface area contributed by atoms with Crippen LogP contribution >= 0.6 is 33.1 Å². The van der Waals surface area contributed by atoms with Gasteiger partial charge in [-0.1, -0.05) is 22.2 Å². The van der Waals surface area contributed by atoms with E-state index in [9.17, 15) is 0 Å². The summed E-state index contributed by atoms with van der Waals surface area (Å²) in [5.41, 5.74) is 3.14. The number of aromatic nitrogens is 2. The highest BCUT2D eigenvalue weighted by molar-refractivity contribution is 8.61. The van der Waals surface area contributed by atoms with Gasteiger partial charge in [-0.15, -0.1) is 17.9 Å². The van der Waals surface area contributed by atoms with Gasteiger partial charge in [0.1, 0.15) is 0 Å². The van der Waals surface area contributed by atoms with Crippen LogP contribution in [0.4, 0.5) is 0 Å². The second-order valence-corrected chi connectivity index (χ2v) is 13.4. The zero-order valence-corrected chi connectivity index (χ0v) is 12.9. The predicted molar refractivity (Wildman–Crippen MR) is 76.9 cm³/mol. The van der Waals surface area contributed by atoms with Gasteiger partial charge in [0.15, 0.2) is 0 Å². The van der Waals surface area contributed by atoms with E-state index in [0.717, 1.165) is 20.3 Å². The van der Waals surface area contributed by atoms with E-state index in [1.165, 1.54) is 17.8 Å². The minimum absolute atomic E-state index is 0.0176. The molecule has 0 radical (unpaired) electrons. The second kappa shape index (κ2) is 5.42. The lowest BCUT2D eigenvalue weighted by atomic mass is 9.90. The van der Waals surface area contributed by atoms with E-state index in [-0.39, 0.29) is 7.30 Å². The van der Waals surface area contributed by atoms with E-state index in [2.05, 4.69) is 34.7 Å². The molecule has 1 heterocycles. The van der Waals surface area contributed by atoms with Crippen LogP contribution in [0.25, 0.3) is 0 Å². The molecule has 2 nitrogen and oxygen atoms in total. The largest absolute Gasteiger partial charge is 0.258 e. The molecular weight excluding hydrogens is 260 g/mol. The molecule has 0 spiro atoms. The van der Waals surface area contributed by atoms with E-state index in [4.69, 9.17) is 0 Å². The summed E-state index contributed by atoms with van der Waals surface area (Å²) in [5.74, 6) is 0.755. The molecule has 1 aliphatic rings. The van der Waals surface area contributed by atoms with Gasteiger partial charge in [-0.25, -0.2) is 0 Å². The van der Waals surface area contributed by atoms with Gasteiger partial charge in [0, 0.05) is 18.1 Å². The third-order valence-corrected chi connectivity index (χ3v) is 14.0. The van der Waals surface area contributed by atoms with Crippen molar-refractivity contribution in [2.24, 2.45) is 5.92 Å². The second-order valence-electron chi connectivity index (χ2n) is 3.89. The minimum Gasteiger partial charge on any atom is -0.258 e. The molecule has 0 bridgehead atoms. The normalized spacial score (nSPS) is 27.9. The van der Waals surface area contributed by atoms with E-state index in [0.29, 0.717) is 5.66 Å². The highest BCUT2D eigenvalue weighted by atomic mass is 32.6. The molecular formula is C9H16N2P4. The van der Waals surface area contributed by atoms with Crippen molar-refractivity contribution in [3.05, 3.63) is 23.8 Å². The molecule has 1 aromatic rings. The first-order chi connectivity index (χ1) is 7.24. The van der Waals surface area contributed by atoms with E-state index in [1.807, 2.05) is 12.4 Å². The molecule has 0 aliphatic heterocycles. The third kappa shape index (κ3) is 2.56. The smallest absolute Gasteiger partial charge is 0.0701 e. The van der Waals surface area contributed by atoms with Crippen molar-refractivity contribution < 1.29 is 0 Å². The molecule has 1 aliphatic carbocycles. The molecule has 0 fully saturated rings.